The number of hydrogen-bond donors (Lipinski definition) is 1. The molecular formula is C21H17N3O4S. The lowest BCUT2D eigenvalue weighted by atomic mass is 9.86. The van der Waals surface area contributed by atoms with E-state index in [1.165, 1.54) is 10.6 Å². The molecule has 0 spiro atoms. The van der Waals surface area contributed by atoms with Gasteiger partial charge in [-0.1, -0.05) is 72.0 Å². The maximum Gasteiger partial charge on any atom is 0.348 e. The zero-order valence-corrected chi connectivity index (χ0v) is 16.3. The predicted octanol–water partition coefficient (Wildman–Crippen LogP) is 2.44. The molecule has 0 saturated heterocycles. The van der Waals surface area contributed by atoms with Crippen molar-refractivity contribution in [2.45, 2.75) is 19.1 Å². The number of ether oxygens (including phenoxy) is 1. The van der Waals surface area contributed by atoms with E-state index in [2.05, 4.69) is 10.1 Å². The second-order valence-corrected chi connectivity index (χ2v) is 7.49. The third kappa shape index (κ3) is 3.55. The molecule has 0 atom stereocenters. The Bertz CT molecular complexity index is 1180. The molecule has 29 heavy (non-hydrogen) atoms. The number of hydrogen-bond acceptors (Lipinski definition) is 7. The van der Waals surface area contributed by atoms with Gasteiger partial charge in [-0.05, 0) is 18.1 Å². The molecule has 0 bridgehead atoms. The first kappa shape index (κ1) is 19.0. The van der Waals surface area contributed by atoms with Crippen molar-refractivity contribution in [3.05, 3.63) is 98.9 Å². The molecule has 7 nitrogen and oxygen atoms in total. The van der Waals surface area contributed by atoms with Crippen LogP contribution in [0.4, 0.5) is 0 Å². The van der Waals surface area contributed by atoms with E-state index >= 15 is 0 Å². The quantitative estimate of drug-likeness (QED) is 0.511. The van der Waals surface area contributed by atoms with Crippen molar-refractivity contribution < 1.29 is 14.6 Å². The van der Waals surface area contributed by atoms with Gasteiger partial charge in [-0.2, -0.15) is 9.61 Å². The minimum absolute atomic E-state index is 0.187. The summed E-state index contributed by atoms with van der Waals surface area (Å²) in [5, 5.41) is 15.9. The van der Waals surface area contributed by atoms with Crippen LogP contribution in [0.25, 0.3) is 4.96 Å². The Hall–Kier alpha value is -3.36. The van der Waals surface area contributed by atoms with Crippen LogP contribution in [-0.2, 0) is 21.7 Å². The highest BCUT2D eigenvalue weighted by atomic mass is 32.1. The van der Waals surface area contributed by atoms with E-state index in [0.717, 1.165) is 11.3 Å². The molecular weight excluding hydrogens is 390 g/mol. The van der Waals surface area contributed by atoms with E-state index < -0.39 is 11.6 Å². The number of aliphatic hydroxyl groups is 1. The molecule has 4 rings (SSSR count). The molecule has 2 aromatic carbocycles. The SMILES string of the molecule is Cc1cc(=O)n2nc(COC(=O)C(O)(c3ccccc3)c3ccccc3)sc2n1. The van der Waals surface area contributed by atoms with Crippen molar-refractivity contribution in [2.24, 2.45) is 0 Å². The molecule has 2 heterocycles. The first-order chi connectivity index (χ1) is 14.0. The van der Waals surface area contributed by atoms with Gasteiger partial charge in [0.2, 0.25) is 10.6 Å². The number of esters is 1. The molecule has 0 unspecified atom stereocenters. The van der Waals surface area contributed by atoms with Crippen LogP contribution < -0.4 is 5.56 Å². The van der Waals surface area contributed by atoms with Crippen molar-refractivity contribution in [2.75, 3.05) is 0 Å². The van der Waals surface area contributed by atoms with E-state index in [1.54, 1.807) is 67.6 Å². The average molecular weight is 407 g/mol. The molecule has 0 saturated carbocycles. The van der Waals surface area contributed by atoms with Gasteiger partial charge in [0.25, 0.3) is 5.56 Å². The first-order valence-electron chi connectivity index (χ1n) is 8.85. The number of carbonyl (C=O) groups excluding carboxylic acids is 1. The molecule has 4 aromatic rings. The van der Waals surface area contributed by atoms with Crippen LogP contribution in [-0.4, -0.2) is 25.7 Å². The molecule has 146 valence electrons. The lowest BCUT2D eigenvalue weighted by Crippen LogP contribution is -2.38. The average Bonchev–Trinajstić information content (AvgIpc) is 3.16. The van der Waals surface area contributed by atoms with Crippen molar-refractivity contribution >= 4 is 22.3 Å². The van der Waals surface area contributed by atoms with E-state index in [4.69, 9.17) is 4.74 Å². The largest absolute Gasteiger partial charge is 0.456 e. The summed E-state index contributed by atoms with van der Waals surface area (Å²) in [5.74, 6) is -0.828. The number of nitrogens with zero attached hydrogens (tertiary/aromatic N) is 3. The van der Waals surface area contributed by atoms with Crippen LogP contribution >= 0.6 is 11.3 Å². The van der Waals surface area contributed by atoms with Crippen molar-refractivity contribution in [1.29, 1.82) is 0 Å². The fraction of sp³-hybridized carbons (Fsp3) is 0.143. The number of carbonyl (C=O) groups is 1. The number of rotatable bonds is 5. The monoisotopic (exact) mass is 407 g/mol. The molecule has 2 aromatic heterocycles. The molecule has 1 N–H and O–H groups in total. The van der Waals surface area contributed by atoms with Gasteiger partial charge in [0.05, 0.1) is 0 Å². The second-order valence-electron chi connectivity index (χ2n) is 6.44. The van der Waals surface area contributed by atoms with Crippen molar-refractivity contribution in [1.82, 2.24) is 14.6 Å². The summed E-state index contributed by atoms with van der Waals surface area (Å²) in [4.78, 5) is 29.7. The zero-order chi connectivity index (χ0) is 20.4. The van der Waals surface area contributed by atoms with Crippen LogP contribution in [0.2, 0.25) is 0 Å². The Kier molecular flexibility index (Phi) is 4.96. The summed E-state index contributed by atoms with van der Waals surface area (Å²) in [5.41, 5.74) is -0.885. The number of fused-ring (bicyclic) bond motifs is 1. The molecule has 0 aliphatic heterocycles. The van der Waals surface area contributed by atoms with Gasteiger partial charge in [-0.3, -0.25) is 4.79 Å². The minimum atomic E-state index is -1.97. The second kappa shape index (κ2) is 7.57. The van der Waals surface area contributed by atoms with Crippen LogP contribution in [0.5, 0.6) is 0 Å². The van der Waals surface area contributed by atoms with Crippen LogP contribution in [0.15, 0.2) is 71.5 Å². The lowest BCUT2D eigenvalue weighted by molar-refractivity contribution is -0.163. The number of aryl methyl sites for hydroxylation is 1. The fourth-order valence-electron chi connectivity index (χ4n) is 3.01. The normalized spacial score (nSPS) is 11.5. The molecule has 0 radical (unpaired) electrons. The Labute approximate surface area is 169 Å². The Balaban J connectivity index is 1.64. The summed E-state index contributed by atoms with van der Waals surface area (Å²) in [6, 6.07) is 18.6. The van der Waals surface area contributed by atoms with Gasteiger partial charge in [0.1, 0.15) is 6.61 Å². The molecule has 0 fully saturated rings. The summed E-state index contributed by atoms with van der Waals surface area (Å²) < 4.78 is 6.59. The smallest absolute Gasteiger partial charge is 0.348 e. The highest BCUT2D eigenvalue weighted by molar-refractivity contribution is 7.16. The van der Waals surface area contributed by atoms with Crippen LogP contribution in [0.3, 0.4) is 0 Å². The van der Waals surface area contributed by atoms with Gasteiger partial charge in [-0.25, -0.2) is 9.78 Å². The maximum atomic E-state index is 13.0. The number of benzene rings is 2. The summed E-state index contributed by atoms with van der Waals surface area (Å²) >= 11 is 1.15. The highest BCUT2D eigenvalue weighted by Crippen LogP contribution is 2.31. The molecule has 0 aliphatic rings. The van der Waals surface area contributed by atoms with Gasteiger partial charge in [0, 0.05) is 11.8 Å². The van der Waals surface area contributed by atoms with Crippen molar-refractivity contribution in [3.63, 3.8) is 0 Å². The molecule has 0 amide bonds. The number of aromatic nitrogens is 3. The standard InChI is InChI=1S/C21H17N3O4S/c1-14-12-18(25)24-20(22-14)29-17(23-24)13-28-19(26)21(27,15-8-4-2-5-9-15)16-10-6-3-7-11-16/h2-12,27H,13H2,1H3. The Morgan fingerprint density at radius 3 is 2.28 bits per heavy atom. The predicted molar refractivity (Wildman–Crippen MR) is 108 cm³/mol. The summed E-state index contributed by atoms with van der Waals surface area (Å²) in [7, 11) is 0. The van der Waals surface area contributed by atoms with Crippen LogP contribution in [0.1, 0.15) is 21.8 Å². The summed E-state index contributed by atoms with van der Waals surface area (Å²) in [6.45, 7) is 1.54. The first-order valence-corrected chi connectivity index (χ1v) is 9.67. The third-order valence-corrected chi connectivity index (χ3v) is 5.30. The fourth-order valence-corrected chi connectivity index (χ4v) is 3.87. The third-order valence-electron chi connectivity index (χ3n) is 4.42. The van der Waals surface area contributed by atoms with E-state index in [1.807, 2.05) is 0 Å². The highest BCUT2D eigenvalue weighted by Gasteiger charge is 2.41. The summed E-state index contributed by atoms with van der Waals surface area (Å²) in [6.07, 6.45) is 0. The van der Waals surface area contributed by atoms with Gasteiger partial charge >= 0.3 is 5.97 Å². The van der Waals surface area contributed by atoms with E-state index in [9.17, 15) is 14.7 Å². The van der Waals surface area contributed by atoms with Gasteiger partial charge < -0.3 is 9.84 Å². The Morgan fingerprint density at radius 1 is 1.10 bits per heavy atom. The Morgan fingerprint density at radius 2 is 1.69 bits per heavy atom. The maximum absolute atomic E-state index is 13.0. The van der Waals surface area contributed by atoms with Crippen molar-refractivity contribution in [3.8, 4) is 0 Å². The lowest BCUT2D eigenvalue weighted by Gasteiger charge is -2.26. The van der Waals surface area contributed by atoms with E-state index in [-0.39, 0.29) is 12.2 Å². The molecule has 0 aliphatic carbocycles. The van der Waals surface area contributed by atoms with Gasteiger partial charge in [-0.15, -0.1) is 0 Å². The van der Waals surface area contributed by atoms with E-state index in [0.29, 0.717) is 26.8 Å². The zero-order valence-electron chi connectivity index (χ0n) is 15.5. The molecule has 8 heteroatoms. The minimum Gasteiger partial charge on any atom is -0.456 e. The topological polar surface area (TPSA) is 93.8 Å². The van der Waals surface area contributed by atoms with Crippen LogP contribution in [0, 0.1) is 6.92 Å². The van der Waals surface area contributed by atoms with Gasteiger partial charge in [0.15, 0.2) is 5.01 Å².